The molecule has 0 aliphatic rings. The highest BCUT2D eigenvalue weighted by atomic mass is 32.2. The van der Waals surface area contributed by atoms with Gasteiger partial charge >= 0.3 is 6.18 Å². The molecule has 0 spiro atoms. The number of pyridine rings is 1. The third kappa shape index (κ3) is 2.90. The molecule has 0 bridgehead atoms. The number of hydrogen-bond acceptors (Lipinski definition) is 4. The lowest BCUT2D eigenvalue weighted by Crippen LogP contribution is -2.08. The molecule has 0 radical (unpaired) electrons. The van der Waals surface area contributed by atoms with Crippen molar-refractivity contribution in [1.82, 2.24) is 14.5 Å². The van der Waals surface area contributed by atoms with E-state index in [-0.39, 0.29) is 11.6 Å². The van der Waals surface area contributed by atoms with E-state index in [0.29, 0.717) is 10.9 Å². The molecule has 2 heterocycles. The maximum absolute atomic E-state index is 12.8. The fraction of sp³-hybridized carbons (Fsp3) is 0.273. The lowest BCUT2D eigenvalue weighted by molar-refractivity contribution is -0.140. The number of aromatic nitrogens is 3. The van der Waals surface area contributed by atoms with Gasteiger partial charge in [0.1, 0.15) is 5.03 Å². The Morgan fingerprint density at radius 2 is 2.11 bits per heavy atom. The van der Waals surface area contributed by atoms with Gasteiger partial charge in [-0.25, -0.2) is 9.97 Å². The highest BCUT2D eigenvalue weighted by Gasteiger charge is 2.34. The van der Waals surface area contributed by atoms with Crippen LogP contribution < -0.4 is 0 Å². The van der Waals surface area contributed by atoms with Gasteiger partial charge in [-0.15, -0.1) is 0 Å². The fourth-order valence-corrected chi connectivity index (χ4v) is 2.38. The van der Waals surface area contributed by atoms with E-state index in [0.717, 1.165) is 17.8 Å². The average molecular weight is 289 g/mol. The standard InChI is InChI=1S/C11H10F3N3OS/c1-17-7(6-18)5-16-10(17)19-9-8(11(12,13)14)3-2-4-15-9/h2-5,18H,6H2,1H3. The molecule has 0 unspecified atom stereocenters. The van der Waals surface area contributed by atoms with Gasteiger partial charge in [0, 0.05) is 13.2 Å². The molecule has 0 amide bonds. The molecule has 2 aromatic rings. The van der Waals surface area contributed by atoms with Gasteiger partial charge in [0.25, 0.3) is 0 Å². The van der Waals surface area contributed by atoms with Crippen molar-refractivity contribution in [3.05, 3.63) is 35.8 Å². The number of nitrogens with zero attached hydrogens (tertiary/aromatic N) is 3. The van der Waals surface area contributed by atoms with E-state index < -0.39 is 11.7 Å². The van der Waals surface area contributed by atoms with Gasteiger partial charge in [-0.3, -0.25) is 0 Å². The Kier molecular flexibility index (Phi) is 3.81. The lowest BCUT2D eigenvalue weighted by atomic mass is 10.3. The first-order valence-corrected chi connectivity index (χ1v) is 6.06. The van der Waals surface area contributed by atoms with Crippen LogP contribution in [0.25, 0.3) is 0 Å². The summed E-state index contributed by atoms with van der Waals surface area (Å²) in [6.45, 7) is -0.224. The van der Waals surface area contributed by atoms with Crippen LogP contribution in [0.5, 0.6) is 0 Å². The summed E-state index contributed by atoms with van der Waals surface area (Å²) in [6.07, 6.45) is -1.74. The van der Waals surface area contributed by atoms with E-state index in [2.05, 4.69) is 9.97 Å². The van der Waals surface area contributed by atoms with Gasteiger partial charge in [0.05, 0.1) is 24.1 Å². The molecular weight excluding hydrogens is 279 g/mol. The molecule has 0 aliphatic heterocycles. The third-order valence-electron chi connectivity index (χ3n) is 2.47. The highest BCUT2D eigenvalue weighted by Crippen LogP contribution is 2.37. The van der Waals surface area contributed by atoms with Crippen molar-refractivity contribution in [3.8, 4) is 0 Å². The van der Waals surface area contributed by atoms with Crippen LogP contribution >= 0.6 is 11.8 Å². The number of hydrogen-bond donors (Lipinski definition) is 1. The smallest absolute Gasteiger partial charge is 0.390 e. The van der Waals surface area contributed by atoms with Crippen molar-refractivity contribution in [3.63, 3.8) is 0 Å². The molecule has 0 saturated carbocycles. The van der Waals surface area contributed by atoms with Gasteiger partial charge in [-0.2, -0.15) is 13.2 Å². The van der Waals surface area contributed by atoms with Crippen LogP contribution in [-0.2, 0) is 19.8 Å². The zero-order chi connectivity index (χ0) is 14.0. The normalized spacial score (nSPS) is 11.8. The molecule has 0 fully saturated rings. The Hall–Kier alpha value is -1.54. The highest BCUT2D eigenvalue weighted by molar-refractivity contribution is 7.99. The van der Waals surface area contributed by atoms with Crippen molar-refractivity contribution in [2.24, 2.45) is 7.05 Å². The number of aliphatic hydroxyl groups excluding tert-OH is 1. The summed E-state index contributed by atoms with van der Waals surface area (Å²) >= 11 is 0.814. The van der Waals surface area contributed by atoms with Gasteiger partial charge in [0.2, 0.25) is 0 Å². The van der Waals surface area contributed by atoms with Crippen molar-refractivity contribution >= 4 is 11.8 Å². The molecule has 2 aromatic heterocycles. The Labute approximate surface area is 111 Å². The van der Waals surface area contributed by atoms with E-state index in [4.69, 9.17) is 5.11 Å². The summed E-state index contributed by atoms with van der Waals surface area (Å²) in [6, 6.07) is 2.22. The largest absolute Gasteiger partial charge is 0.419 e. The van der Waals surface area contributed by atoms with Crippen LogP contribution in [0.2, 0.25) is 0 Å². The maximum Gasteiger partial charge on any atom is 0.419 e. The molecule has 2 rings (SSSR count). The fourth-order valence-electron chi connectivity index (χ4n) is 1.44. The van der Waals surface area contributed by atoms with E-state index in [9.17, 15) is 13.2 Å². The minimum atomic E-state index is -4.46. The molecule has 102 valence electrons. The maximum atomic E-state index is 12.8. The summed E-state index contributed by atoms with van der Waals surface area (Å²) < 4.78 is 39.9. The third-order valence-corrected chi connectivity index (χ3v) is 3.55. The van der Waals surface area contributed by atoms with Crippen LogP contribution in [0.1, 0.15) is 11.3 Å². The van der Waals surface area contributed by atoms with Gasteiger partial charge < -0.3 is 9.67 Å². The van der Waals surface area contributed by atoms with Crippen LogP contribution in [0, 0.1) is 0 Å². The minimum Gasteiger partial charge on any atom is -0.390 e. The molecule has 4 nitrogen and oxygen atoms in total. The first-order valence-electron chi connectivity index (χ1n) is 5.25. The Bertz CT molecular complexity index is 583. The molecule has 0 aliphatic carbocycles. The first-order chi connectivity index (χ1) is 8.93. The van der Waals surface area contributed by atoms with Gasteiger partial charge in [0.15, 0.2) is 5.16 Å². The van der Waals surface area contributed by atoms with E-state index >= 15 is 0 Å². The second-order valence-corrected chi connectivity index (χ2v) is 4.66. The Balaban J connectivity index is 2.36. The molecular formula is C11H10F3N3OS. The summed E-state index contributed by atoms with van der Waals surface area (Å²) in [7, 11) is 1.62. The monoisotopic (exact) mass is 289 g/mol. The second-order valence-electron chi connectivity index (χ2n) is 3.71. The van der Waals surface area contributed by atoms with Crippen LogP contribution in [0.3, 0.4) is 0 Å². The molecule has 0 saturated heterocycles. The summed E-state index contributed by atoms with van der Waals surface area (Å²) in [4.78, 5) is 7.71. The van der Waals surface area contributed by atoms with Crippen molar-refractivity contribution in [1.29, 1.82) is 0 Å². The number of imidazole rings is 1. The van der Waals surface area contributed by atoms with Gasteiger partial charge in [-0.05, 0) is 23.9 Å². The Morgan fingerprint density at radius 3 is 2.68 bits per heavy atom. The Morgan fingerprint density at radius 1 is 1.37 bits per heavy atom. The molecule has 8 heteroatoms. The predicted molar refractivity (Wildman–Crippen MR) is 62.5 cm³/mol. The first kappa shape index (κ1) is 13.9. The van der Waals surface area contributed by atoms with Gasteiger partial charge in [-0.1, -0.05) is 0 Å². The zero-order valence-corrected chi connectivity index (χ0v) is 10.7. The topological polar surface area (TPSA) is 50.9 Å². The van der Waals surface area contributed by atoms with Crippen LogP contribution in [-0.4, -0.2) is 19.6 Å². The van der Waals surface area contributed by atoms with Crippen LogP contribution in [0.15, 0.2) is 34.7 Å². The summed E-state index contributed by atoms with van der Waals surface area (Å²) in [5.41, 5.74) is -0.277. The number of alkyl halides is 3. The SMILES string of the molecule is Cn1c(CO)cnc1Sc1ncccc1C(F)(F)F. The number of aliphatic hydroxyl groups is 1. The van der Waals surface area contributed by atoms with Crippen molar-refractivity contribution in [2.75, 3.05) is 0 Å². The summed E-state index contributed by atoms with van der Waals surface area (Å²) in [5.74, 6) is 0. The average Bonchev–Trinajstić information content (AvgIpc) is 2.70. The zero-order valence-electron chi connectivity index (χ0n) is 9.85. The lowest BCUT2D eigenvalue weighted by Gasteiger charge is -2.10. The van der Waals surface area contributed by atoms with E-state index in [1.54, 1.807) is 7.05 Å². The molecule has 0 atom stereocenters. The minimum absolute atomic E-state index is 0.159. The quantitative estimate of drug-likeness (QED) is 0.943. The van der Waals surface area contributed by atoms with E-state index in [1.165, 1.54) is 23.0 Å². The summed E-state index contributed by atoms with van der Waals surface area (Å²) in [5, 5.41) is 9.20. The van der Waals surface area contributed by atoms with Crippen molar-refractivity contribution in [2.45, 2.75) is 23.0 Å². The number of rotatable bonds is 3. The molecule has 0 aromatic carbocycles. The second kappa shape index (κ2) is 5.22. The molecule has 1 N–H and O–H groups in total. The predicted octanol–water partition coefficient (Wildman–Crippen LogP) is 2.48. The number of halogens is 3. The van der Waals surface area contributed by atoms with E-state index in [1.807, 2.05) is 0 Å². The van der Waals surface area contributed by atoms with Crippen LogP contribution in [0.4, 0.5) is 13.2 Å². The molecule has 19 heavy (non-hydrogen) atoms. The van der Waals surface area contributed by atoms with Crippen molar-refractivity contribution < 1.29 is 18.3 Å².